The highest BCUT2D eigenvalue weighted by molar-refractivity contribution is 5.86. The summed E-state index contributed by atoms with van der Waals surface area (Å²) in [6.45, 7) is 1.42. The number of hydrogen-bond donors (Lipinski definition) is 1. The quantitative estimate of drug-likeness (QED) is 0.830. The number of para-hydroxylation sites is 1. The lowest BCUT2D eigenvalue weighted by Gasteiger charge is -2.20. The summed E-state index contributed by atoms with van der Waals surface area (Å²) in [6, 6.07) is 7.92. The maximum Gasteiger partial charge on any atom is 0.227 e. The monoisotopic (exact) mass is 232 g/mol. The minimum atomic E-state index is 0.0877. The topological polar surface area (TPSA) is 55.6 Å². The first kappa shape index (κ1) is 10.6. The lowest BCUT2D eigenvalue weighted by atomic mass is 10.2. The Bertz CT molecular complexity index is 460. The minimum Gasteiger partial charge on any atom is -0.496 e. The van der Waals surface area contributed by atoms with Crippen LogP contribution in [-0.4, -0.2) is 30.5 Å². The van der Waals surface area contributed by atoms with E-state index < -0.39 is 0 Å². The fourth-order valence-corrected chi connectivity index (χ4v) is 2.72. The van der Waals surface area contributed by atoms with E-state index in [2.05, 4.69) is 0 Å². The molecule has 0 radical (unpaired) electrons. The van der Waals surface area contributed by atoms with Crippen molar-refractivity contribution in [3.63, 3.8) is 0 Å². The van der Waals surface area contributed by atoms with Gasteiger partial charge in [0.2, 0.25) is 5.91 Å². The summed E-state index contributed by atoms with van der Waals surface area (Å²) >= 11 is 0. The van der Waals surface area contributed by atoms with E-state index >= 15 is 0 Å². The van der Waals surface area contributed by atoms with Gasteiger partial charge in [0.25, 0.3) is 0 Å². The highest BCUT2D eigenvalue weighted by Gasteiger charge is 2.59. The molecule has 3 unspecified atom stereocenters. The molecule has 2 aliphatic rings. The van der Waals surface area contributed by atoms with Crippen LogP contribution in [0.25, 0.3) is 0 Å². The molecule has 0 spiro atoms. The number of carbonyl (C=O) groups excluding carboxylic acids is 1. The average Bonchev–Trinajstić information content (AvgIpc) is 2.85. The number of likely N-dealkylation sites (tertiary alicyclic amines) is 1. The molecular formula is C13H16N2O2. The first-order valence-electron chi connectivity index (χ1n) is 5.88. The standard InChI is InChI=1S/C13H16N2O2/c1-17-10-5-3-2-4-8(10)6-15-7-9-11(12(9)14)13(15)16/h2-5,9,11-12H,6-7,14H2,1H3. The number of piperidine rings is 1. The summed E-state index contributed by atoms with van der Waals surface area (Å²) in [4.78, 5) is 13.9. The number of nitrogens with two attached hydrogens (primary N) is 1. The predicted molar refractivity (Wildman–Crippen MR) is 63.4 cm³/mol. The second kappa shape index (κ2) is 3.74. The Morgan fingerprint density at radius 2 is 2.24 bits per heavy atom. The van der Waals surface area contributed by atoms with Crippen molar-refractivity contribution < 1.29 is 9.53 Å². The van der Waals surface area contributed by atoms with Gasteiger partial charge in [-0.15, -0.1) is 0 Å². The van der Waals surface area contributed by atoms with Crippen molar-refractivity contribution >= 4 is 5.91 Å². The zero-order chi connectivity index (χ0) is 12.0. The van der Waals surface area contributed by atoms with Gasteiger partial charge in [0.05, 0.1) is 13.0 Å². The van der Waals surface area contributed by atoms with Gasteiger partial charge in [-0.3, -0.25) is 4.79 Å². The molecular weight excluding hydrogens is 216 g/mol. The van der Waals surface area contributed by atoms with Gasteiger partial charge >= 0.3 is 0 Å². The van der Waals surface area contributed by atoms with Gasteiger partial charge in [-0.25, -0.2) is 0 Å². The molecule has 2 fully saturated rings. The van der Waals surface area contributed by atoms with E-state index in [0.717, 1.165) is 17.9 Å². The van der Waals surface area contributed by atoms with Crippen molar-refractivity contribution in [3.8, 4) is 5.75 Å². The summed E-state index contributed by atoms with van der Waals surface area (Å²) in [6.07, 6.45) is 0. The van der Waals surface area contributed by atoms with E-state index in [1.165, 1.54) is 0 Å². The number of carbonyl (C=O) groups is 1. The predicted octanol–water partition coefficient (Wildman–Crippen LogP) is 0.611. The lowest BCUT2D eigenvalue weighted by molar-refractivity contribution is -0.130. The maximum atomic E-state index is 12.0. The van der Waals surface area contributed by atoms with Crippen LogP contribution < -0.4 is 10.5 Å². The number of nitrogens with zero attached hydrogens (tertiary/aromatic N) is 1. The van der Waals surface area contributed by atoms with E-state index in [-0.39, 0.29) is 17.9 Å². The molecule has 1 aromatic rings. The number of amides is 1. The summed E-state index contributed by atoms with van der Waals surface area (Å²) in [5.74, 6) is 1.51. The van der Waals surface area contributed by atoms with Crippen LogP contribution in [0.3, 0.4) is 0 Å². The van der Waals surface area contributed by atoms with Crippen molar-refractivity contribution in [2.45, 2.75) is 12.6 Å². The highest BCUT2D eigenvalue weighted by atomic mass is 16.5. The van der Waals surface area contributed by atoms with Crippen LogP contribution in [0.5, 0.6) is 5.75 Å². The average molecular weight is 232 g/mol. The van der Waals surface area contributed by atoms with E-state index in [0.29, 0.717) is 12.5 Å². The molecule has 1 saturated heterocycles. The summed E-state index contributed by atoms with van der Waals surface area (Å²) < 4.78 is 5.29. The molecule has 1 saturated carbocycles. The largest absolute Gasteiger partial charge is 0.496 e. The summed E-state index contributed by atoms with van der Waals surface area (Å²) in [7, 11) is 1.65. The number of fused-ring (bicyclic) bond motifs is 1. The van der Waals surface area contributed by atoms with Gasteiger partial charge in [0, 0.05) is 30.6 Å². The van der Waals surface area contributed by atoms with Gasteiger partial charge < -0.3 is 15.4 Å². The Hall–Kier alpha value is -1.55. The smallest absolute Gasteiger partial charge is 0.227 e. The summed E-state index contributed by atoms with van der Waals surface area (Å²) in [5.41, 5.74) is 6.86. The third kappa shape index (κ3) is 1.60. The molecule has 0 bridgehead atoms. The molecule has 4 heteroatoms. The molecule has 3 rings (SSSR count). The number of ether oxygens (including phenoxy) is 1. The number of methoxy groups -OCH3 is 1. The van der Waals surface area contributed by atoms with Crippen molar-refractivity contribution in [2.24, 2.45) is 17.6 Å². The normalized spacial score (nSPS) is 30.4. The molecule has 4 nitrogen and oxygen atoms in total. The molecule has 2 N–H and O–H groups in total. The van der Waals surface area contributed by atoms with Crippen LogP contribution in [0.15, 0.2) is 24.3 Å². The van der Waals surface area contributed by atoms with Crippen LogP contribution in [0.4, 0.5) is 0 Å². The SMILES string of the molecule is COc1ccccc1CN1CC2C(N)C2C1=O. The van der Waals surface area contributed by atoms with E-state index in [9.17, 15) is 4.79 Å². The molecule has 1 heterocycles. The van der Waals surface area contributed by atoms with Crippen LogP contribution >= 0.6 is 0 Å². The van der Waals surface area contributed by atoms with Crippen LogP contribution in [-0.2, 0) is 11.3 Å². The van der Waals surface area contributed by atoms with E-state index in [1.807, 2.05) is 29.2 Å². The third-order valence-corrected chi connectivity index (χ3v) is 3.81. The second-order valence-electron chi connectivity index (χ2n) is 4.80. The molecule has 17 heavy (non-hydrogen) atoms. The zero-order valence-electron chi connectivity index (χ0n) is 9.80. The van der Waals surface area contributed by atoms with Gasteiger partial charge in [-0.05, 0) is 6.07 Å². The van der Waals surface area contributed by atoms with Crippen molar-refractivity contribution in [1.29, 1.82) is 0 Å². The Labute approximate surface area is 100 Å². The number of hydrogen-bond acceptors (Lipinski definition) is 3. The molecule has 1 aromatic carbocycles. The fourth-order valence-electron chi connectivity index (χ4n) is 2.72. The van der Waals surface area contributed by atoms with Crippen molar-refractivity contribution in [3.05, 3.63) is 29.8 Å². The minimum absolute atomic E-state index is 0.0877. The summed E-state index contributed by atoms with van der Waals surface area (Å²) in [5, 5.41) is 0. The zero-order valence-corrected chi connectivity index (χ0v) is 9.80. The second-order valence-corrected chi connectivity index (χ2v) is 4.80. The number of rotatable bonds is 3. The van der Waals surface area contributed by atoms with Crippen molar-refractivity contribution in [2.75, 3.05) is 13.7 Å². The molecule has 0 aromatic heterocycles. The first-order valence-corrected chi connectivity index (χ1v) is 5.88. The lowest BCUT2D eigenvalue weighted by Crippen LogP contribution is -2.32. The van der Waals surface area contributed by atoms with Crippen LogP contribution in [0.2, 0.25) is 0 Å². The maximum absolute atomic E-state index is 12.0. The van der Waals surface area contributed by atoms with Gasteiger partial charge in [0.15, 0.2) is 0 Å². The highest BCUT2D eigenvalue weighted by Crippen LogP contribution is 2.45. The van der Waals surface area contributed by atoms with Crippen molar-refractivity contribution in [1.82, 2.24) is 4.90 Å². The molecule has 90 valence electrons. The van der Waals surface area contributed by atoms with Gasteiger partial charge in [-0.1, -0.05) is 18.2 Å². The van der Waals surface area contributed by atoms with Gasteiger partial charge in [0.1, 0.15) is 5.75 Å². The Balaban J connectivity index is 1.74. The third-order valence-electron chi connectivity index (χ3n) is 3.81. The Kier molecular flexibility index (Phi) is 2.33. The van der Waals surface area contributed by atoms with E-state index in [4.69, 9.17) is 10.5 Å². The first-order chi connectivity index (χ1) is 8.22. The Morgan fingerprint density at radius 1 is 1.47 bits per heavy atom. The molecule has 1 aliphatic carbocycles. The van der Waals surface area contributed by atoms with E-state index in [1.54, 1.807) is 7.11 Å². The van der Waals surface area contributed by atoms with Gasteiger partial charge in [-0.2, -0.15) is 0 Å². The molecule has 1 amide bonds. The van der Waals surface area contributed by atoms with Crippen LogP contribution in [0, 0.1) is 11.8 Å². The van der Waals surface area contributed by atoms with Crippen LogP contribution in [0.1, 0.15) is 5.56 Å². The molecule has 1 aliphatic heterocycles. The molecule has 3 atom stereocenters. The fraction of sp³-hybridized carbons (Fsp3) is 0.462. The number of benzene rings is 1. The Morgan fingerprint density at radius 3 is 2.88 bits per heavy atom.